The van der Waals surface area contributed by atoms with Gasteiger partial charge in [-0.25, -0.2) is 9.97 Å². The van der Waals surface area contributed by atoms with Crippen LogP contribution in [0.3, 0.4) is 0 Å². The Kier molecular flexibility index (Phi) is 5.24. The van der Waals surface area contributed by atoms with E-state index in [1.54, 1.807) is 19.5 Å². The molecule has 2 aromatic rings. The van der Waals surface area contributed by atoms with Crippen molar-refractivity contribution < 1.29 is 14.6 Å². The van der Waals surface area contributed by atoms with E-state index in [1.165, 1.54) is 0 Å². The molecule has 1 aromatic carbocycles. The number of rotatable bonds is 4. The van der Waals surface area contributed by atoms with Gasteiger partial charge in [0.1, 0.15) is 5.60 Å². The van der Waals surface area contributed by atoms with Crippen LogP contribution in [0.4, 0.5) is 5.82 Å². The Bertz CT molecular complexity index is 754. The SMILES string of the molecule is COc1nccnc1N1CC[C@](O)(c2ccccc2)[C@H](N2CCOCC2)C1. The molecule has 27 heavy (non-hydrogen) atoms. The van der Waals surface area contributed by atoms with E-state index in [9.17, 15) is 5.11 Å². The van der Waals surface area contributed by atoms with Crippen LogP contribution in [0, 0.1) is 0 Å². The number of nitrogens with zero attached hydrogens (tertiary/aromatic N) is 4. The summed E-state index contributed by atoms with van der Waals surface area (Å²) in [4.78, 5) is 13.3. The van der Waals surface area contributed by atoms with Gasteiger partial charge in [-0.15, -0.1) is 0 Å². The summed E-state index contributed by atoms with van der Waals surface area (Å²) in [6.45, 7) is 4.34. The number of methoxy groups -OCH3 is 1. The lowest BCUT2D eigenvalue weighted by atomic mass is 9.79. The van der Waals surface area contributed by atoms with Crippen molar-refractivity contribution in [1.29, 1.82) is 0 Å². The summed E-state index contributed by atoms with van der Waals surface area (Å²) in [7, 11) is 1.61. The molecule has 0 unspecified atom stereocenters. The second-order valence-electron chi connectivity index (χ2n) is 7.04. The molecule has 0 bridgehead atoms. The van der Waals surface area contributed by atoms with E-state index in [-0.39, 0.29) is 6.04 Å². The molecule has 0 spiro atoms. The molecule has 7 nitrogen and oxygen atoms in total. The van der Waals surface area contributed by atoms with Gasteiger partial charge in [0.15, 0.2) is 5.82 Å². The van der Waals surface area contributed by atoms with Crippen molar-refractivity contribution in [2.75, 3.05) is 51.4 Å². The lowest BCUT2D eigenvalue weighted by molar-refractivity contribution is -0.0911. The highest BCUT2D eigenvalue weighted by Gasteiger charge is 2.46. The number of benzene rings is 1. The molecule has 2 fully saturated rings. The van der Waals surface area contributed by atoms with Gasteiger partial charge in [0, 0.05) is 38.6 Å². The number of aromatic nitrogens is 2. The van der Waals surface area contributed by atoms with Crippen molar-refractivity contribution in [2.24, 2.45) is 0 Å². The molecule has 0 aliphatic carbocycles. The van der Waals surface area contributed by atoms with Gasteiger partial charge in [-0.1, -0.05) is 30.3 Å². The van der Waals surface area contributed by atoms with Crippen molar-refractivity contribution in [3.05, 3.63) is 48.3 Å². The fourth-order valence-corrected chi connectivity index (χ4v) is 4.16. The van der Waals surface area contributed by atoms with Crippen LogP contribution in [0.1, 0.15) is 12.0 Å². The maximum Gasteiger partial charge on any atom is 0.257 e. The lowest BCUT2D eigenvalue weighted by Crippen LogP contribution is -2.62. The van der Waals surface area contributed by atoms with Gasteiger partial charge < -0.3 is 19.5 Å². The zero-order chi connectivity index (χ0) is 18.7. The second-order valence-corrected chi connectivity index (χ2v) is 7.04. The van der Waals surface area contributed by atoms with E-state index in [0.717, 1.165) is 24.5 Å². The average Bonchev–Trinajstić information content (AvgIpc) is 2.75. The topological polar surface area (TPSA) is 71.0 Å². The van der Waals surface area contributed by atoms with E-state index in [0.29, 0.717) is 38.6 Å². The molecule has 2 atom stereocenters. The lowest BCUT2D eigenvalue weighted by Gasteiger charge is -2.50. The summed E-state index contributed by atoms with van der Waals surface area (Å²) >= 11 is 0. The predicted octanol–water partition coefficient (Wildman–Crippen LogP) is 1.28. The minimum atomic E-state index is -0.912. The molecular weight excluding hydrogens is 344 g/mol. The Labute approximate surface area is 159 Å². The number of anilines is 1. The Balaban J connectivity index is 1.67. The summed E-state index contributed by atoms with van der Waals surface area (Å²) in [5.41, 5.74) is 0.0529. The van der Waals surface area contributed by atoms with Crippen molar-refractivity contribution in [1.82, 2.24) is 14.9 Å². The molecule has 144 valence electrons. The number of aliphatic hydroxyl groups is 1. The molecule has 2 saturated heterocycles. The standard InChI is InChI=1S/C20H26N4O3/c1-26-19-18(21-8-9-22-19)24-10-7-20(25,16-5-3-2-4-6-16)17(15-24)23-11-13-27-14-12-23/h2-6,8-9,17,25H,7,10-15H2,1H3/t17-,20+/m1/s1. The van der Waals surface area contributed by atoms with Crippen molar-refractivity contribution in [2.45, 2.75) is 18.1 Å². The van der Waals surface area contributed by atoms with Crippen LogP contribution in [0.15, 0.2) is 42.7 Å². The summed E-state index contributed by atoms with van der Waals surface area (Å²) < 4.78 is 10.9. The van der Waals surface area contributed by atoms with Crippen molar-refractivity contribution in [3.8, 4) is 5.88 Å². The van der Waals surface area contributed by atoms with Gasteiger partial charge in [-0.2, -0.15) is 0 Å². The first-order valence-corrected chi connectivity index (χ1v) is 9.42. The monoisotopic (exact) mass is 370 g/mol. The van der Waals surface area contributed by atoms with Crippen LogP contribution in [-0.2, 0) is 10.3 Å². The molecule has 3 heterocycles. The zero-order valence-corrected chi connectivity index (χ0v) is 15.6. The fourth-order valence-electron chi connectivity index (χ4n) is 4.16. The fraction of sp³-hybridized carbons (Fsp3) is 0.500. The molecule has 7 heteroatoms. The highest BCUT2D eigenvalue weighted by Crippen LogP contribution is 2.38. The summed E-state index contributed by atoms with van der Waals surface area (Å²) in [6, 6.07) is 9.93. The number of hydrogen-bond donors (Lipinski definition) is 1. The maximum absolute atomic E-state index is 11.8. The smallest absolute Gasteiger partial charge is 0.257 e. The summed E-state index contributed by atoms with van der Waals surface area (Å²) in [6.07, 6.45) is 3.92. The van der Waals surface area contributed by atoms with Crippen LogP contribution in [-0.4, -0.2) is 72.5 Å². The normalized spacial score (nSPS) is 26.7. The third-order valence-electron chi connectivity index (χ3n) is 5.61. The second kappa shape index (κ2) is 7.80. The van der Waals surface area contributed by atoms with Crippen LogP contribution < -0.4 is 9.64 Å². The Morgan fingerprint density at radius 3 is 2.59 bits per heavy atom. The van der Waals surface area contributed by atoms with Gasteiger partial charge in [0.05, 0.1) is 26.4 Å². The number of morpholine rings is 1. The van der Waals surface area contributed by atoms with Crippen LogP contribution in [0.2, 0.25) is 0 Å². The van der Waals surface area contributed by atoms with Gasteiger partial charge in [-0.05, 0) is 12.0 Å². The quantitative estimate of drug-likeness (QED) is 0.869. The molecular formula is C20H26N4O3. The van der Waals surface area contributed by atoms with E-state index in [2.05, 4.69) is 19.8 Å². The van der Waals surface area contributed by atoms with Gasteiger partial charge in [0.25, 0.3) is 5.88 Å². The first-order valence-electron chi connectivity index (χ1n) is 9.42. The van der Waals surface area contributed by atoms with E-state index >= 15 is 0 Å². The average molecular weight is 370 g/mol. The van der Waals surface area contributed by atoms with Gasteiger partial charge >= 0.3 is 0 Å². The number of piperidine rings is 1. The van der Waals surface area contributed by atoms with Gasteiger partial charge in [0.2, 0.25) is 0 Å². The van der Waals surface area contributed by atoms with Crippen LogP contribution >= 0.6 is 0 Å². The van der Waals surface area contributed by atoms with Crippen LogP contribution in [0.25, 0.3) is 0 Å². The Morgan fingerprint density at radius 1 is 1.11 bits per heavy atom. The molecule has 0 saturated carbocycles. The molecule has 1 aromatic heterocycles. The third kappa shape index (κ3) is 3.50. The Hall–Kier alpha value is -2.22. The summed E-state index contributed by atoms with van der Waals surface area (Å²) in [5, 5.41) is 11.8. The number of ether oxygens (including phenoxy) is 2. The Morgan fingerprint density at radius 2 is 1.85 bits per heavy atom. The van der Waals surface area contributed by atoms with E-state index in [4.69, 9.17) is 9.47 Å². The highest BCUT2D eigenvalue weighted by molar-refractivity contribution is 5.49. The minimum absolute atomic E-state index is 0.0655. The first kappa shape index (κ1) is 18.2. The van der Waals surface area contributed by atoms with Crippen molar-refractivity contribution in [3.63, 3.8) is 0 Å². The molecule has 4 rings (SSSR count). The molecule has 2 aliphatic rings. The number of hydrogen-bond acceptors (Lipinski definition) is 7. The molecule has 2 aliphatic heterocycles. The largest absolute Gasteiger partial charge is 0.478 e. The van der Waals surface area contributed by atoms with E-state index in [1.807, 2.05) is 30.3 Å². The van der Waals surface area contributed by atoms with Crippen LogP contribution in [0.5, 0.6) is 5.88 Å². The molecule has 1 N–H and O–H groups in total. The van der Waals surface area contributed by atoms with Crippen molar-refractivity contribution >= 4 is 5.82 Å². The maximum atomic E-state index is 11.8. The third-order valence-corrected chi connectivity index (χ3v) is 5.61. The molecule has 0 radical (unpaired) electrons. The highest BCUT2D eigenvalue weighted by atomic mass is 16.5. The molecule has 0 amide bonds. The summed E-state index contributed by atoms with van der Waals surface area (Å²) in [5.74, 6) is 1.25. The van der Waals surface area contributed by atoms with E-state index < -0.39 is 5.60 Å². The zero-order valence-electron chi connectivity index (χ0n) is 15.6. The predicted molar refractivity (Wildman–Crippen MR) is 102 cm³/mol. The first-order chi connectivity index (χ1) is 13.2. The minimum Gasteiger partial charge on any atom is -0.478 e. The van der Waals surface area contributed by atoms with Gasteiger partial charge in [-0.3, -0.25) is 4.90 Å².